The molecule has 3 rings (SSSR count). The van der Waals surface area contributed by atoms with Crippen LogP contribution in [0, 0.1) is 5.92 Å². The number of nitrogens with zero attached hydrogens (tertiary/aromatic N) is 2. The number of piperidine rings is 1. The summed E-state index contributed by atoms with van der Waals surface area (Å²) in [4.78, 5) is 40.5. The SMILES string of the molecule is CC(=O)N1CCC[C@@H](C(=O)N2CCNC(=O)C[C@@H]2c2ccccc2)C1. The van der Waals surface area contributed by atoms with Crippen molar-refractivity contribution in [2.24, 2.45) is 5.92 Å². The number of rotatable bonds is 2. The average molecular weight is 343 g/mol. The molecule has 2 fully saturated rings. The summed E-state index contributed by atoms with van der Waals surface area (Å²) in [5.74, 6) is -0.142. The number of hydrogen-bond donors (Lipinski definition) is 1. The second-order valence-corrected chi connectivity index (χ2v) is 6.82. The molecule has 134 valence electrons. The fraction of sp³-hybridized carbons (Fsp3) is 0.526. The van der Waals surface area contributed by atoms with Crippen molar-refractivity contribution in [1.82, 2.24) is 15.1 Å². The van der Waals surface area contributed by atoms with Gasteiger partial charge in [-0.05, 0) is 18.4 Å². The summed E-state index contributed by atoms with van der Waals surface area (Å²) in [5.41, 5.74) is 0.979. The predicted octanol–water partition coefficient (Wildman–Crippen LogP) is 1.33. The fourth-order valence-corrected chi connectivity index (χ4v) is 3.77. The molecule has 0 saturated carbocycles. The lowest BCUT2D eigenvalue weighted by molar-refractivity contribution is -0.142. The van der Waals surface area contributed by atoms with Crippen LogP contribution in [0.1, 0.15) is 37.8 Å². The van der Waals surface area contributed by atoms with Crippen molar-refractivity contribution in [2.45, 2.75) is 32.2 Å². The van der Waals surface area contributed by atoms with Crippen LogP contribution in [0.2, 0.25) is 0 Å². The van der Waals surface area contributed by atoms with Crippen LogP contribution >= 0.6 is 0 Å². The molecule has 0 radical (unpaired) electrons. The highest BCUT2D eigenvalue weighted by Crippen LogP contribution is 2.29. The molecule has 1 aromatic rings. The van der Waals surface area contributed by atoms with Crippen LogP contribution < -0.4 is 5.32 Å². The number of benzene rings is 1. The number of nitrogens with one attached hydrogen (secondary N) is 1. The normalized spacial score (nSPS) is 24.4. The van der Waals surface area contributed by atoms with Crippen LogP contribution in [-0.4, -0.2) is 53.7 Å². The standard InChI is InChI=1S/C19H25N3O3/c1-14(23)21-10-5-8-16(13-21)19(25)22-11-9-20-18(24)12-17(22)15-6-3-2-4-7-15/h2-4,6-7,16-17H,5,8-13H2,1H3,(H,20,24)/t16-,17-/m1/s1. The lowest BCUT2D eigenvalue weighted by Gasteiger charge is -2.37. The van der Waals surface area contributed by atoms with E-state index >= 15 is 0 Å². The van der Waals surface area contributed by atoms with Crippen LogP contribution in [-0.2, 0) is 14.4 Å². The quantitative estimate of drug-likeness (QED) is 0.881. The lowest BCUT2D eigenvalue weighted by atomic mass is 9.94. The highest BCUT2D eigenvalue weighted by molar-refractivity contribution is 5.83. The first-order valence-corrected chi connectivity index (χ1v) is 8.94. The van der Waals surface area contributed by atoms with Gasteiger partial charge in [0, 0.05) is 33.1 Å². The van der Waals surface area contributed by atoms with Crippen LogP contribution in [0.25, 0.3) is 0 Å². The molecule has 2 aliphatic heterocycles. The highest BCUT2D eigenvalue weighted by atomic mass is 16.2. The maximum Gasteiger partial charge on any atom is 0.228 e. The molecule has 0 bridgehead atoms. The van der Waals surface area contributed by atoms with E-state index < -0.39 is 0 Å². The van der Waals surface area contributed by atoms with Gasteiger partial charge in [-0.15, -0.1) is 0 Å². The van der Waals surface area contributed by atoms with Gasteiger partial charge in [-0.25, -0.2) is 0 Å². The molecule has 2 aliphatic rings. The number of likely N-dealkylation sites (tertiary alicyclic amines) is 1. The first-order chi connectivity index (χ1) is 12.1. The van der Waals surface area contributed by atoms with Gasteiger partial charge in [-0.3, -0.25) is 14.4 Å². The van der Waals surface area contributed by atoms with E-state index in [1.165, 1.54) is 0 Å². The number of hydrogen-bond acceptors (Lipinski definition) is 3. The minimum absolute atomic E-state index is 0.0184. The van der Waals surface area contributed by atoms with Crippen molar-refractivity contribution in [3.63, 3.8) is 0 Å². The first-order valence-electron chi connectivity index (χ1n) is 8.94. The molecule has 0 aromatic heterocycles. The molecule has 0 aliphatic carbocycles. The molecule has 1 N–H and O–H groups in total. The topological polar surface area (TPSA) is 69.7 Å². The Morgan fingerprint density at radius 1 is 1.16 bits per heavy atom. The molecule has 25 heavy (non-hydrogen) atoms. The second-order valence-electron chi connectivity index (χ2n) is 6.82. The van der Waals surface area contributed by atoms with E-state index in [0.29, 0.717) is 19.6 Å². The van der Waals surface area contributed by atoms with Crippen LogP contribution in [0.4, 0.5) is 0 Å². The second kappa shape index (κ2) is 7.68. The van der Waals surface area contributed by atoms with E-state index in [9.17, 15) is 14.4 Å². The largest absolute Gasteiger partial charge is 0.354 e. The molecule has 0 unspecified atom stereocenters. The van der Waals surface area contributed by atoms with E-state index in [1.54, 1.807) is 11.8 Å². The Morgan fingerprint density at radius 3 is 2.64 bits per heavy atom. The van der Waals surface area contributed by atoms with Crippen LogP contribution in [0.5, 0.6) is 0 Å². The van der Waals surface area contributed by atoms with Gasteiger partial charge < -0.3 is 15.1 Å². The van der Waals surface area contributed by atoms with Gasteiger partial charge >= 0.3 is 0 Å². The predicted molar refractivity (Wildman–Crippen MR) is 93.5 cm³/mol. The van der Waals surface area contributed by atoms with Crippen LogP contribution in [0.3, 0.4) is 0 Å². The number of carbonyl (C=O) groups excluding carboxylic acids is 3. The monoisotopic (exact) mass is 343 g/mol. The van der Waals surface area contributed by atoms with E-state index in [1.807, 2.05) is 35.2 Å². The Hall–Kier alpha value is -2.37. The van der Waals surface area contributed by atoms with Gasteiger partial charge in [-0.2, -0.15) is 0 Å². The van der Waals surface area contributed by atoms with Crippen molar-refractivity contribution < 1.29 is 14.4 Å². The van der Waals surface area contributed by atoms with E-state index in [2.05, 4.69) is 5.32 Å². The van der Waals surface area contributed by atoms with Crippen molar-refractivity contribution in [3.05, 3.63) is 35.9 Å². The van der Waals surface area contributed by atoms with E-state index in [4.69, 9.17) is 0 Å². The van der Waals surface area contributed by atoms with Gasteiger partial charge in [0.25, 0.3) is 0 Å². The minimum Gasteiger partial charge on any atom is -0.354 e. The molecular weight excluding hydrogens is 318 g/mol. The highest BCUT2D eigenvalue weighted by Gasteiger charge is 2.35. The van der Waals surface area contributed by atoms with Gasteiger partial charge in [0.1, 0.15) is 0 Å². The Morgan fingerprint density at radius 2 is 1.92 bits per heavy atom. The Balaban J connectivity index is 1.82. The van der Waals surface area contributed by atoms with Gasteiger partial charge in [0.15, 0.2) is 0 Å². The Labute approximate surface area is 148 Å². The zero-order valence-electron chi connectivity index (χ0n) is 14.6. The summed E-state index contributed by atoms with van der Waals surface area (Å²) in [6.45, 7) is 3.72. The average Bonchev–Trinajstić information content (AvgIpc) is 2.83. The molecule has 0 spiro atoms. The number of carbonyl (C=O) groups is 3. The summed E-state index contributed by atoms with van der Waals surface area (Å²) in [5, 5.41) is 2.86. The maximum atomic E-state index is 13.2. The fourth-order valence-electron chi connectivity index (χ4n) is 3.77. The molecule has 2 heterocycles. The molecule has 2 saturated heterocycles. The van der Waals surface area contributed by atoms with E-state index in [0.717, 1.165) is 24.9 Å². The Kier molecular flexibility index (Phi) is 5.36. The minimum atomic E-state index is -0.246. The summed E-state index contributed by atoms with van der Waals surface area (Å²) < 4.78 is 0. The molecule has 6 nitrogen and oxygen atoms in total. The van der Waals surface area contributed by atoms with Crippen molar-refractivity contribution in [3.8, 4) is 0 Å². The zero-order valence-corrected chi connectivity index (χ0v) is 14.6. The van der Waals surface area contributed by atoms with Crippen LogP contribution in [0.15, 0.2) is 30.3 Å². The number of amides is 3. The molecule has 1 aromatic carbocycles. The summed E-state index contributed by atoms with van der Waals surface area (Å²) in [6, 6.07) is 9.47. The molecule has 6 heteroatoms. The van der Waals surface area contributed by atoms with Crippen molar-refractivity contribution >= 4 is 17.7 Å². The molecular formula is C19H25N3O3. The third-order valence-electron chi connectivity index (χ3n) is 5.11. The van der Waals surface area contributed by atoms with Crippen molar-refractivity contribution in [1.29, 1.82) is 0 Å². The first kappa shape index (κ1) is 17.5. The summed E-state index contributed by atoms with van der Waals surface area (Å²) in [7, 11) is 0. The summed E-state index contributed by atoms with van der Waals surface area (Å²) >= 11 is 0. The Bertz CT molecular complexity index is 647. The van der Waals surface area contributed by atoms with Gasteiger partial charge in [-0.1, -0.05) is 30.3 Å². The maximum absolute atomic E-state index is 13.2. The summed E-state index contributed by atoms with van der Waals surface area (Å²) in [6.07, 6.45) is 1.91. The molecule has 3 amide bonds. The molecule has 2 atom stereocenters. The van der Waals surface area contributed by atoms with Gasteiger partial charge in [0.2, 0.25) is 17.7 Å². The van der Waals surface area contributed by atoms with E-state index in [-0.39, 0.29) is 36.1 Å². The van der Waals surface area contributed by atoms with Gasteiger partial charge in [0.05, 0.1) is 18.4 Å². The third kappa shape index (κ3) is 4.00. The van der Waals surface area contributed by atoms with Crippen molar-refractivity contribution in [2.75, 3.05) is 26.2 Å². The smallest absolute Gasteiger partial charge is 0.228 e. The third-order valence-corrected chi connectivity index (χ3v) is 5.11. The zero-order chi connectivity index (χ0) is 17.8. The lowest BCUT2D eigenvalue weighted by Crippen LogP contribution is -2.47.